The van der Waals surface area contributed by atoms with Gasteiger partial charge >= 0.3 is 0 Å². The second kappa shape index (κ2) is 9.11. The predicted molar refractivity (Wildman–Crippen MR) is 125 cm³/mol. The number of aromatic nitrogens is 3. The molecule has 0 aliphatic carbocycles. The number of amides is 1. The van der Waals surface area contributed by atoms with E-state index >= 15 is 0 Å². The summed E-state index contributed by atoms with van der Waals surface area (Å²) in [4.78, 5) is 19.8. The van der Waals surface area contributed by atoms with E-state index in [2.05, 4.69) is 38.5 Å². The van der Waals surface area contributed by atoms with Gasteiger partial charge in [0.1, 0.15) is 5.82 Å². The van der Waals surface area contributed by atoms with Gasteiger partial charge in [-0.2, -0.15) is 5.10 Å². The van der Waals surface area contributed by atoms with E-state index in [0.29, 0.717) is 19.5 Å². The van der Waals surface area contributed by atoms with Crippen LogP contribution in [0, 0.1) is 5.82 Å². The van der Waals surface area contributed by atoms with E-state index in [4.69, 9.17) is 0 Å². The van der Waals surface area contributed by atoms with E-state index in [-0.39, 0.29) is 17.6 Å². The van der Waals surface area contributed by atoms with Crippen LogP contribution >= 0.6 is 0 Å². The maximum absolute atomic E-state index is 13.1. The number of rotatable bonds is 6. The van der Waals surface area contributed by atoms with Gasteiger partial charge < -0.3 is 5.32 Å². The quantitative estimate of drug-likeness (QED) is 0.495. The molecule has 3 heterocycles. The molecule has 0 bridgehead atoms. The zero-order valence-corrected chi connectivity index (χ0v) is 18.5. The Bertz CT molecular complexity index is 1280. The second-order valence-corrected chi connectivity index (χ2v) is 8.63. The van der Waals surface area contributed by atoms with Crippen molar-refractivity contribution in [1.82, 2.24) is 25.0 Å². The Balaban J connectivity index is 1.28. The zero-order chi connectivity index (χ0) is 22.8. The monoisotopic (exact) mass is 443 g/mol. The van der Waals surface area contributed by atoms with Gasteiger partial charge in [0.05, 0.1) is 17.1 Å². The van der Waals surface area contributed by atoms with E-state index in [9.17, 15) is 9.18 Å². The Labute approximate surface area is 192 Å². The minimum atomic E-state index is -0.328. The lowest BCUT2D eigenvalue weighted by Crippen LogP contribution is -2.41. The molecule has 1 N–H and O–H groups in total. The van der Waals surface area contributed by atoms with E-state index in [1.54, 1.807) is 23.0 Å². The smallest absolute Gasteiger partial charge is 0.230 e. The summed E-state index contributed by atoms with van der Waals surface area (Å²) < 4.78 is 14.9. The third kappa shape index (κ3) is 4.78. The summed E-state index contributed by atoms with van der Waals surface area (Å²) in [5.41, 5.74) is 5.11. The lowest BCUT2D eigenvalue weighted by molar-refractivity contribution is -0.123. The molecule has 5 rings (SSSR count). The maximum atomic E-state index is 13.1. The number of carbonyl (C=O) groups excluding carboxylic acids is 1. The molecule has 0 radical (unpaired) electrons. The number of hydrogen-bond donors (Lipinski definition) is 1. The molecule has 0 spiro atoms. The highest BCUT2D eigenvalue weighted by molar-refractivity contribution is 5.84. The number of aryl methyl sites for hydroxylation is 1. The second-order valence-electron chi connectivity index (χ2n) is 8.63. The molecule has 0 saturated carbocycles. The van der Waals surface area contributed by atoms with Crippen LogP contribution in [0.4, 0.5) is 4.39 Å². The van der Waals surface area contributed by atoms with E-state index in [1.807, 2.05) is 25.4 Å². The zero-order valence-electron chi connectivity index (χ0n) is 18.5. The number of nitrogens with zero attached hydrogens (tertiary/aromatic N) is 4. The van der Waals surface area contributed by atoms with Crippen LogP contribution in [0.3, 0.4) is 0 Å². The molecule has 6 nitrogen and oxygen atoms in total. The molecular formula is C26H26FN5O. The standard InChI is InChI=1S/C26H26FN5O/c1-31-15-21-16-32(14-19-6-9-24-20(13-19)3-2-11-28-24)17-23(25(21)30-31)26(33)29-12-10-18-4-7-22(27)8-5-18/h2-9,11,13,15,23H,10,12,14,16-17H2,1H3,(H,29,33)/t23-/m0/s1. The SMILES string of the molecule is Cn1cc2c(n1)[C@@H](C(=O)NCCc1ccc(F)cc1)CN(Cc1ccc3ncccc3c1)C2. The summed E-state index contributed by atoms with van der Waals surface area (Å²) in [7, 11) is 1.89. The summed E-state index contributed by atoms with van der Waals surface area (Å²) in [5, 5.41) is 8.76. The first-order valence-electron chi connectivity index (χ1n) is 11.2. The van der Waals surface area contributed by atoms with Crippen molar-refractivity contribution in [3.63, 3.8) is 0 Å². The summed E-state index contributed by atoms with van der Waals surface area (Å²) in [6, 6.07) is 16.7. The van der Waals surface area contributed by atoms with Gasteiger partial charge in [-0.05, 0) is 47.9 Å². The van der Waals surface area contributed by atoms with Crippen molar-refractivity contribution in [3.8, 4) is 0 Å². The molecule has 7 heteroatoms. The topological polar surface area (TPSA) is 63.1 Å². The van der Waals surface area contributed by atoms with Gasteiger partial charge in [-0.1, -0.05) is 24.3 Å². The Kier molecular flexibility index (Phi) is 5.88. The van der Waals surface area contributed by atoms with E-state index in [1.165, 1.54) is 17.7 Å². The largest absolute Gasteiger partial charge is 0.355 e. The third-order valence-corrected chi connectivity index (χ3v) is 6.12. The molecular weight excluding hydrogens is 417 g/mol. The molecule has 33 heavy (non-hydrogen) atoms. The van der Waals surface area contributed by atoms with Crippen LogP contribution in [0.2, 0.25) is 0 Å². The number of halogens is 1. The van der Waals surface area contributed by atoms with E-state index < -0.39 is 0 Å². The fourth-order valence-electron chi connectivity index (χ4n) is 4.53. The molecule has 1 aliphatic heterocycles. The Morgan fingerprint density at radius 1 is 1.15 bits per heavy atom. The van der Waals surface area contributed by atoms with Gasteiger partial charge in [-0.25, -0.2) is 4.39 Å². The average molecular weight is 444 g/mol. The van der Waals surface area contributed by atoms with Gasteiger partial charge in [0.15, 0.2) is 0 Å². The van der Waals surface area contributed by atoms with Crippen molar-refractivity contribution in [2.45, 2.75) is 25.4 Å². The van der Waals surface area contributed by atoms with Crippen LogP contribution in [0.5, 0.6) is 0 Å². The van der Waals surface area contributed by atoms with Gasteiger partial charge in [0.25, 0.3) is 0 Å². The maximum Gasteiger partial charge on any atom is 0.230 e. The highest BCUT2D eigenvalue weighted by Crippen LogP contribution is 2.29. The number of hydrogen-bond acceptors (Lipinski definition) is 4. The molecule has 1 aliphatic rings. The Morgan fingerprint density at radius 3 is 2.82 bits per heavy atom. The Hall–Kier alpha value is -3.58. The number of pyridine rings is 1. The normalized spacial score (nSPS) is 16.0. The molecule has 0 saturated heterocycles. The number of nitrogens with one attached hydrogen (secondary N) is 1. The molecule has 0 fully saturated rings. The minimum absolute atomic E-state index is 0.0236. The fourth-order valence-corrected chi connectivity index (χ4v) is 4.53. The number of fused-ring (bicyclic) bond motifs is 2. The Morgan fingerprint density at radius 2 is 1.97 bits per heavy atom. The van der Waals surface area contributed by atoms with Crippen LogP contribution in [0.1, 0.15) is 28.3 Å². The molecule has 168 valence electrons. The molecule has 2 aromatic carbocycles. The van der Waals surface area contributed by atoms with Crippen LogP contribution in [0.15, 0.2) is 67.0 Å². The molecule has 1 atom stereocenters. The molecule has 2 aromatic heterocycles. The summed E-state index contributed by atoms with van der Waals surface area (Å²) >= 11 is 0. The predicted octanol–water partition coefficient (Wildman–Crippen LogP) is 3.57. The highest BCUT2D eigenvalue weighted by atomic mass is 19.1. The first kappa shape index (κ1) is 21.3. The fraction of sp³-hybridized carbons (Fsp3) is 0.269. The van der Waals surface area contributed by atoms with E-state index in [0.717, 1.165) is 40.8 Å². The molecule has 0 unspecified atom stereocenters. The van der Waals surface area contributed by atoms with Crippen molar-refractivity contribution in [1.29, 1.82) is 0 Å². The van der Waals surface area contributed by atoms with Gasteiger partial charge in [-0.15, -0.1) is 0 Å². The van der Waals surface area contributed by atoms with Crippen molar-refractivity contribution >= 4 is 16.8 Å². The number of benzene rings is 2. The lowest BCUT2D eigenvalue weighted by Gasteiger charge is -2.31. The van der Waals surface area contributed by atoms with Gasteiger partial charge in [0.2, 0.25) is 5.91 Å². The number of carbonyl (C=O) groups is 1. The van der Waals surface area contributed by atoms with Crippen molar-refractivity contribution in [3.05, 3.63) is 95.2 Å². The highest BCUT2D eigenvalue weighted by Gasteiger charge is 2.33. The van der Waals surface area contributed by atoms with Gasteiger partial charge in [-0.3, -0.25) is 19.4 Å². The third-order valence-electron chi connectivity index (χ3n) is 6.12. The summed E-state index contributed by atoms with van der Waals surface area (Å²) in [6.45, 7) is 2.62. The molecule has 4 aromatic rings. The van der Waals surface area contributed by atoms with Crippen LogP contribution in [0.25, 0.3) is 10.9 Å². The van der Waals surface area contributed by atoms with Crippen LogP contribution in [-0.2, 0) is 31.4 Å². The first-order chi connectivity index (χ1) is 16.0. The first-order valence-corrected chi connectivity index (χ1v) is 11.2. The summed E-state index contributed by atoms with van der Waals surface area (Å²) in [6.07, 6.45) is 4.46. The van der Waals surface area contributed by atoms with Crippen molar-refractivity contribution in [2.75, 3.05) is 13.1 Å². The average Bonchev–Trinajstić information content (AvgIpc) is 3.19. The van der Waals surface area contributed by atoms with Gasteiger partial charge in [0, 0.05) is 56.6 Å². The molecule has 1 amide bonds. The van der Waals surface area contributed by atoms with Crippen LogP contribution in [-0.4, -0.2) is 38.7 Å². The van der Waals surface area contributed by atoms with Crippen molar-refractivity contribution < 1.29 is 9.18 Å². The van der Waals surface area contributed by atoms with Crippen molar-refractivity contribution in [2.24, 2.45) is 7.05 Å². The minimum Gasteiger partial charge on any atom is -0.355 e. The van der Waals surface area contributed by atoms with Crippen LogP contribution < -0.4 is 5.32 Å². The lowest BCUT2D eigenvalue weighted by atomic mass is 9.95. The summed E-state index contributed by atoms with van der Waals surface area (Å²) in [5.74, 6) is -0.606.